The average Bonchev–Trinajstić information content (AvgIpc) is 2.28. The number of halogens is 1. The highest BCUT2D eigenvalue weighted by Crippen LogP contribution is 2.15. The van der Waals surface area contributed by atoms with E-state index in [1.807, 2.05) is 0 Å². The van der Waals surface area contributed by atoms with Crippen molar-refractivity contribution in [3.8, 4) is 0 Å². The lowest BCUT2D eigenvalue weighted by atomic mass is 10.2. The van der Waals surface area contributed by atoms with Gasteiger partial charge in [0.2, 0.25) is 0 Å². The zero-order valence-electron chi connectivity index (χ0n) is 8.50. The Hall–Kier alpha value is -1.05. The minimum atomic E-state index is -1.68. The molecule has 1 heterocycles. The number of carbonyl (C=O) groups is 1. The van der Waals surface area contributed by atoms with E-state index in [0.717, 1.165) is 0 Å². The number of nitrogens with zero attached hydrogens (tertiary/aromatic N) is 2. The van der Waals surface area contributed by atoms with Crippen LogP contribution < -0.4 is 0 Å². The fourth-order valence-electron chi connectivity index (χ4n) is 0.973. The fourth-order valence-corrected chi connectivity index (χ4v) is 1.18. The molecule has 2 unspecified atom stereocenters. The van der Waals surface area contributed by atoms with E-state index in [1.165, 1.54) is 12.4 Å². The molecule has 0 fully saturated rings. The largest absolute Gasteiger partial charge is 0.464 e. The third-order valence-electron chi connectivity index (χ3n) is 1.73. The molecule has 0 radical (unpaired) electrons. The monoisotopic (exact) mass is 290 g/mol. The van der Waals surface area contributed by atoms with Gasteiger partial charge in [0.25, 0.3) is 0 Å². The predicted molar refractivity (Wildman–Crippen MR) is 57.3 cm³/mol. The second-order valence-corrected chi connectivity index (χ2v) is 3.82. The van der Waals surface area contributed by atoms with Crippen molar-refractivity contribution >= 4 is 21.9 Å². The number of esters is 1. The molecule has 16 heavy (non-hydrogen) atoms. The summed E-state index contributed by atoms with van der Waals surface area (Å²) in [7, 11) is 0. The molecule has 0 amide bonds. The summed E-state index contributed by atoms with van der Waals surface area (Å²) in [6, 6.07) is 0. The Morgan fingerprint density at radius 2 is 2.06 bits per heavy atom. The molecule has 2 N–H and O–H groups in total. The first-order chi connectivity index (χ1) is 7.56. The molecule has 0 spiro atoms. The number of hydrogen-bond acceptors (Lipinski definition) is 6. The van der Waals surface area contributed by atoms with E-state index in [4.69, 9.17) is 0 Å². The average molecular weight is 291 g/mol. The van der Waals surface area contributed by atoms with Crippen LogP contribution in [0.5, 0.6) is 0 Å². The molecule has 0 aliphatic rings. The highest BCUT2D eigenvalue weighted by molar-refractivity contribution is 9.10. The highest BCUT2D eigenvalue weighted by Gasteiger charge is 2.28. The van der Waals surface area contributed by atoms with Gasteiger partial charge in [0.15, 0.2) is 18.0 Å². The normalized spacial score (nSPS) is 14.2. The first-order valence-electron chi connectivity index (χ1n) is 4.56. The molecule has 0 aliphatic heterocycles. The zero-order valence-corrected chi connectivity index (χ0v) is 10.1. The molecule has 0 aromatic carbocycles. The Balaban J connectivity index is 2.73. The number of hydrogen-bond donors (Lipinski definition) is 2. The molecule has 2 atom stereocenters. The number of rotatable bonds is 4. The van der Waals surface area contributed by atoms with Crippen molar-refractivity contribution in [1.82, 2.24) is 9.97 Å². The van der Waals surface area contributed by atoms with Crippen LogP contribution in [0, 0.1) is 0 Å². The van der Waals surface area contributed by atoms with Crippen LogP contribution in [0.4, 0.5) is 0 Å². The third kappa shape index (κ3) is 3.22. The van der Waals surface area contributed by atoms with Gasteiger partial charge in [0.1, 0.15) is 0 Å². The smallest absolute Gasteiger partial charge is 0.338 e. The summed E-state index contributed by atoms with van der Waals surface area (Å²) in [5, 5.41) is 19.0. The molecule has 0 saturated carbocycles. The number of aliphatic hydroxyl groups excluding tert-OH is 2. The van der Waals surface area contributed by atoms with Crippen LogP contribution in [0.15, 0.2) is 16.9 Å². The van der Waals surface area contributed by atoms with Crippen LogP contribution in [-0.2, 0) is 9.53 Å². The second-order valence-electron chi connectivity index (χ2n) is 2.90. The predicted octanol–water partition coefficient (Wildman–Crippen LogP) is 0.196. The zero-order chi connectivity index (χ0) is 12.1. The lowest BCUT2D eigenvalue weighted by Crippen LogP contribution is -2.30. The Morgan fingerprint density at radius 3 is 2.56 bits per heavy atom. The highest BCUT2D eigenvalue weighted by atomic mass is 79.9. The molecular formula is C9H11BrN2O4. The van der Waals surface area contributed by atoms with Gasteiger partial charge in [0.05, 0.1) is 11.1 Å². The van der Waals surface area contributed by atoms with E-state index in [2.05, 4.69) is 30.6 Å². The summed E-state index contributed by atoms with van der Waals surface area (Å²) in [5.74, 6) is -0.940. The van der Waals surface area contributed by atoms with Gasteiger partial charge in [-0.25, -0.2) is 14.8 Å². The lowest BCUT2D eigenvalue weighted by molar-refractivity contribution is -0.159. The van der Waals surface area contributed by atoms with E-state index in [9.17, 15) is 15.0 Å². The molecular weight excluding hydrogens is 280 g/mol. The lowest BCUT2D eigenvalue weighted by Gasteiger charge is -2.14. The van der Waals surface area contributed by atoms with Gasteiger partial charge in [-0.1, -0.05) is 0 Å². The van der Waals surface area contributed by atoms with Crippen molar-refractivity contribution in [3.63, 3.8) is 0 Å². The van der Waals surface area contributed by atoms with Gasteiger partial charge < -0.3 is 14.9 Å². The van der Waals surface area contributed by atoms with Gasteiger partial charge in [-0.05, 0) is 22.9 Å². The topological polar surface area (TPSA) is 92.5 Å². The molecule has 0 saturated heterocycles. The molecule has 7 heteroatoms. The molecule has 0 aliphatic carbocycles. The van der Waals surface area contributed by atoms with Gasteiger partial charge in [0, 0.05) is 12.4 Å². The van der Waals surface area contributed by atoms with Crippen molar-refractivity contribution < 1.29 is 19.7 Å². The molecule has 1 aromatic rings. The summed E-state index contributed by atoms with van der Waals surface area (Å²) >= 11 is 3.12. The van der Waals surface area contributed by atoms with Crippen molar-refractivity contribution in [2.75, 3.05) is 6.61 Å². The van der Waals surface area contributed by atoms with Crippen molar-refractivity contribution in [2.24, 2.45) is 0 Å². The minimum Gasteiger partial charge on any atom is -0.464 e. The standard InChI is InChI=1S/C9H11BrN2O4/c1-2-16-9(15)7(14)6(13)8-11-3-5(10)4-12-8/h3-4,6-7,13-14H,2H2,1H3. The summed E-state index contributed by atoms with van der Waals surface area (Å²) in [4.78, 5) is 18.7. The van der Waals surface area contributed by atoms with E-state index in [-0.39, 0.29) is 12.4 Å². The maximum Gasteiger partial charge on any atom is 0.338 e. The van der Waals surface area contributed by atoms with E-state index in [0.29, 0.717) is 4.47 Å². The summed E-state index contributed by atoms with van der Waals surface area (Å²) in [6.45, 7) is 1.73. The summed E-state index contributed by atoms with van der Waals surface area (Å²) in [5.41, 5.74) is 0. The van der Waals surface area contributed by atoms with Gasteiger partial charge in [-0.2, -0.15) is 0 Å². The summed E-state index contributed by atoms with van der Waals surface area (Å²) in [6.07, 6.45) is -0.361. The number of aliphatic hydroxyl groups is 2. The van der Waals surface area contributed by atoms with E-state index in [1.54, 1.807) is 6.92 Å². The molecule has 6 nitrogen and oxygen atoms in total. The minimum absolute atomic E-state index is 0.0382. The Labute approximate surface area is 100 Å². The van der Waals surface area contributed by atoms with Crippen LogP contribution in [0.25, 0.3) is 0 Å². The molecule has 1 aromatic heterocycles. The quantitative estimate of drug-likeness (QED) is 0.770. The SMILES string of the molecule is CCOC(=O)C(O)C(O)c1ncc(Br)cn1. The van der Waals surface area contributed by atoms with Crippen molar-refractivity contribution in [2.45, 2.75) is 19.1 Å². The maximum atomic E-state index is 11.1. The fraction of sp³-hybridized carbons (Fsp3) is 0.444. The van der Waals surface area contributed by atoms with E-state index >= 15 is 0 Å². The number of aromatic nitrogens is 2. The van der Waals surface area contributed by atoms with Crippen LogP contribution in [0.1, 0.15) is 18.9 Å². The first kappa shape index (κ1) is 13.0. The number of ether oxygens (including phenoxy) is 1. The Kier molecular flexibility index (Phi) is 4.78. The van der Waals surface area contributed by atoms with Crippen LogP contribution in [0.2, 0.25) is 0 Å². The molecule has 0 bridgehead atoms. The Bertz CT molecular complexity index is 357. The van der Waals surface area contributed by atoms with Crippen molar-refractivity contribution in [1.29, 1.82) is 0 Å². The molecule has 88 valence electrons. The summed E-state index contributed by atoms with van der Waals surface area (Å²) < 4.78 is 5.19. The van der Waals surface area contributed by atoms with Gasteiger partial charge >= 0.3 is 5.97 Å². The van der Waals surface area contributed by atoms with Gasteiger partial charge in [-0.3, -0.25) is 0 Å². The third-order valence-corrected chi connectivity index (χ3v) is 2.14. The van der Waals surface area contributed by atoms with Crippen LogP contribution in [0.3, 0.4) is 0 Å². The van der Waals surface area contributed by atoms with Crippen LogP contribution >= 0.6 is 15.9 Å². The number of carbonyl (C=O) groups excluding carboxylic acids is 1. The molecule has 1 rings (SSSR count). The first-order valence-corrected chi connectivity index (χ1v) is 5.35. The maximum absolute atomic E-state index is 11.1. The second kappa shape index (κ2) is 5.88. The van der Waals surface area contributed by atoms with Gasteiger partial charge in [-0.15, -0.1) is 0 Å². The Morgan fingerprint density at radius 1 is 1.50 bits per heavy atom. The van der Waals surface area contributed by atoms with E-state index < -0.39 is 18.2 Å². The van der Waals surface area contributed by atoms with Crippen molar-refractivity contribution in [3.05, 3.63) is 22.7 Å². The van der Waals surface area contributed by atoms with Crippen LogP contribution in [-0.4, -0.2) is 38.9 Å².